The lowest BCUT2D eigenvalue weighted by Gasteiger charge is -2.18. The number of anilines is 1. The SMILES string of the molecule is CCN(CC)S(=O)(=O)c1ccc(NC(=O)C=Cc2ccccc2)cc1. The van der Waals surface area contributed by atoms with Gasteiger partial charge in [-0.25, -0.2) is 8.42 Å². The maximum atomic E-state index is 12.4. The summed E-state index contributed by atoms with van der Waals surface area (Å²) in [4.78, 5) is 12.2. The van der Waals surface area contributed by atoms with E-state index in [9.17, 15) is 13.2 Å². The second kappa shape index (κ2) is 8.60. The summed E-state index contributed by atoms with van der Waals surface area (Å²) in [5.74, 6) is -0.275. The molecule has 0 aliphatic rings. The van der Waals surface area contributed by atoms with E-state index in [1.54, 1.807) is 32.1 Å². The van der Waals surface area contributed by atoms with Crippen LogP contribution in [0.3, 0.4) is 0 Å². The van der Waals surface area contributed by atoms with E-state index in [-0.39, 0.29) is 10.8 Å². The third-order valence-corrected chi connectivity index (χ3v) is 5.76. The van der Waals surface area contributed by atoms with Gasteiger partial charge in [-0.1, -0.05) is 44.2 Å². The lowest BCUT2D eigenvalue weighted by Crippen LogP contribution is -2.30. The van der Waals surface area contributed by atoms with Crippen molar-refractivity contribution in [3.05, 3.63) is 66.2 Å². The Hall–Kier alpha value is -2.44. The second-order valence-corrected chi connectivity index (χ2v) is 7.28. The standard InChI is InChI=1S/C19H22N2O3S/c1-3-21(4-2)25(23,24)18-13-11-17(12-14-18)20-19(22)15-10-16-8-6-5-7-9-16/h5-15H,3-4H2,1-2H3,(H,20,22). The van der Waals surface area contributed by atoms with Crippen LogP contribution in [0.4, 0.5) is 5.69 Å². The molecule has 0 aliphatic heterocycles. The number of nitrogens with one attached hydrogen (secondary N) is 1. The fraction of sp³-hybridized carbons (Fsp3) is 0.211. The Labute approximate surface area is 149 Å². The van der Waals surface area contributed by atoms with Crippen molar-refractivity contribution in [2.75, 3.05) is 18.4 Å². The van der Waals surface area contributed by atoms with E-state index in [2.05, 4.69) is 5.32 Å². The van der Waals surface area contributed by atoms with E-state index in [1.165, 1.54) is 22.5 Å². The Morgan fingerprint density at radius 3 is 2.16 bits per heavy atom. The highest BCUT2D eigenvalue weighted by atomic mass is 32.2. The zero-order chi connectivity index (χ0) is 18.3. The van der Waals surface area contributed by atoms with Crippen LogP contribution in [0.5, 0.6) is 0 Å². The van der Waals surface area contributed by atoms with Gasteiger partial charge in [0.25, 0.3) is 0 Å². The molecule has 0 bridgehead atoms. The molecule has 0 unspecified atom stereocenters. The number of nitrogens with zero attached hydrogens (tertiary/aromatic N) is 1. The van der Waals surface area contributed by atoms with Gasteiger partial charge in [-0.05, 0) is 35.9 Å². The number of sulfonamides is 1. The minimum absolute atomic E-state index is 0.217. The molecule has 6 heteroatoms. The molecule has 2 rings (SSSR count). The lowest BCUT2D eigenvalue weighted by atomic mass is 10.2. The van der Waals surface area contributed by atoms with Crippen LogP contribution in [0.2, 0.25) is 0 Å². The van der Waals surface area contributed by atoms with Crippen molar-refractivity contribution in [1.82, 2.24) is 4.31 Å². The fourth-order valence-electron chi connectivity index (χ4n) is 2.34. The lowest BCUT2D eigenvalue weighted by molar-refractivity contribution is -0.111. The molecule has 0 saturated heterocycles. The van der Waals surface area contributed by atoms with Gasteiger partial charge in [0.15, 0.2) is 0 Å². The molecular weight excluding hydrogens is 336 g/mol. The normalized spacial score (nSPS) is 11.8. The number of carbonyl (C=O) groups is 1. The summed E-state index contributed by atoms with van der Waals surface area (Å²) >= 11 is 0. The molecule has 0 aromatic heterocycles. The zero-order valence-corrected chi connectivity index (χ0v) is 15.2. The van der Waals surface area contributed by atoms with Crippen LogP contribution in [-0.2, 0) is 14.8 Å². The molecule has 1 N–H and O–H groups in total. The Kier molecular flexibility index (Phi) is 6.50. The molecular formula is C19H22N2O3S. The Morgan fingerprint density at radius 1 is 1.00 bits per heavy atom. The minimum Gasteiger partial charge on any atom is -0.323 e. The summed E-state index contributed by atoms with van der Waals surface area (Å²) in [5.41, 5.74) is 1.47. The van der Waals surface area contributed by atoms with Crippen molar-refractivity contribution in [3.8, 4) is 0 Å². The third-order valence-electron chi connectivity index (χ3n) is 3.69. The van der Waals surface area contributed by atoms with Gasteiger partial charge in [0.05, 0.1) is 4.90 Å². The highest BCUT2D eigenvalue weighted by Crippen LogP contribution is 2.18. The molecule has 0 fully saturated rings. The highest BCUT2D eigenvalue weighted by molar-refractivity contribution is 7.89. The van der Waals surface area contributed by atoms with Gasteiger partial charge in [-0.2, -0.15) is 4.31 Å². The summed E-state index contributed by atoms with van der Waals surface area (Å²) in [6.45, 7) is 4.44. The number of carbonyl (C=O) groups excluding carboxylic acids is 1. The second-order valence-electron chi connectivity index (χ2n) is 5.35. The smallest absolute Gasteiger partial charge is 0.248 e. The number of hydrogen-bond acceptors (Lipinski definition) is 3. The molecule has 2 aromatic carbocycles. The zero-order valence-electron chi connectivity index (χ0n) is 14.3. The molecule has 0 saturated carbocycles. The monoisotopic (exact) mass is 358 g/mol. The first kappa shape index (κ1) is 18.9. The minimum atomic E-state index is -3.49. The highest BCUT2D eigenvalue weighted by Gasteiger charge is 2.21. The van der Waals surface area contributed by atoms with E-state index < -0.39 is 10.0 Å². The van der Waals surface area contributed by atoms with Crippen LogP contribution in [0.15, 0.2) is 65.6 Å². The Balaban J connectivity index is 2.05. The average Bonchev–Trinajstić information content (AvgIpc) is 2.62. The molecule has 0 aliphatic carbocycles. The van der Waals surface area contributed by atoms with Gasteiger partial charge in [0.2, 0.25) is 15.9 Å². The summed E-state index contributed by atoms with van der Waals surface area (Å²) in [6.07, 6.45) is 3.16. The molecule has 1 amide bonds. The molecule has 0 atom stereocenters. The molecule has 0 spiro atoms. The topological polar surface area (TPSA) is 66.5 Å². The van der Waals surface area contributed by atoms with Crippen LogP contribution in [0.25, 0.3) is 6.08 Å². The first-order chi connectivity index (χ1) is 12.0. The maximum absolute atomic E-state index is 12.4. The first-order valence-corrected chi connectivity index (χ1v) is 9.55. The summed E-state index contributed by atoms with van der Waals surface area (Å²) in [5, 5.41) is 2.71. The van der Waals surface area contributed by atoms with Gasteiger partial charge in [0, 0.05) is 24.9 Å². The summed E-state index contributed by atoms with van der Waals surface area (Å²) in [7, 11) is -3.49. The quantitative estimate of drug-likeness (QED) is 0.772. The van der Waals surface area contributed by atoms with Gasteiger partial charge >= 0.3 is 0 Å². The first-order valence-electron chi connectivity index (χ1n) is 8.11. The van der Waals surface area contributed by atoms with Gasteiger partial charge in [0.1, 0.15) is 0 Å². The van der Waals surface area contributed by atoms with E-state index in [1.807, 2.05) is 30.3 Å². The van der Waals surface area contributed by atoms with E-state index >= 15 is 0 Å². The number of rotatable bonds is 7. The number of amides is 1. The molecule has 0 heterocycles. The van der Waals surface area contributed by atoms with E-state index in [0.29, 0.717) is 18.8 Å². The van der Waals surface area contributed by atoms with Crippen molar-refractivity contribution < 1.29 is 13.2 Å². The maximum Gasteiger partial charge on any atom is 0.248 e. The van der Waals surface area contributed by atoms with E-state index in [4.69, 9.17) is 0 Å². The number of benzene rings is 2. The molecule has 25 heavy (non-hydrogen) atoms. The van der Waals surface area contributed by atoms with Gasteiger partial charge in [-0.15, -0.1) is 0 Å². The van der Waals surface area contributed by atoms with Crippen molar-refractivity contribution in [3.63, 3.8) is 0 Å². The van der Waals surface area contributed by atoms with Crippen LogP contribution < -0.4 is 5.32 Å². The van der Waals surface area contributed by atoms with Gasteiger partial charge in [-0.3, -0.25) is 4.79 Å². The van der Waals surface area contributed by atoms with Crippen molar-refractivity contribution in [2.45, 2.75) is 18.7 Å². The molecule has 0 radical (unpaired) electrons. The van der Waals surface area contributed by atoms with Crippen molar-refractivity contribution >= 4 is 27.7 Å². The predicted molar refractivity (Wildman–Crippen MR) is 101 cm³/mol. The largest absolute Gasteiger partial charge is 0.323 e. The number of hydrogen-bond donors (Lipinski definition) is 1. The van der Waals surface area contributed by atoms with Crippen LogP contribution in [-0.4, -0.2) is 31.7 Å². The van der Waals surface area contributed by atoms with Crippen LogP contribution in [0, 0.1) is 0 Å². The van der Waals surface area contributed by atoms with Crippen molar-refractivity contribution in [2.24, 2.45) is 0 Å². The summed E-state index contributed by atoms with van der Waals surface area (Å²) in [6, 6.07) is 15.7. The van der Waals surface area contributed by atoms with Crippen LogP contribution >= 0.6 is 0 Å². The van der Waals surface area contributed by atoms with Crippen LogP contribution in [0.1, 0.15) is 19.4 Å². The predicted octanol–water partition coefficient (Wildman–Crippen LogP) is 3.37. The third kappa shape index (κ3) is 5.01. The summed E-state index contributed by atoms with van der Waals surface area (Å²) < 4.78 is 26.2. The molecule has 132 valence electrons. The molecule has 5 nitrogen and oxygen atoms in total. The molecule has 2 aromatic rings. The average molecular weight is 358 g/mol. The van der Waals surface area contributed by atoms with Crippen molar-refractivity contribution in [1.29, 1.82) is 0 Å². The Bertz CT molecular complexity index is 825. The van der Waals surface area contributed by atoms with E-state index in [0.717, 1.165) is 5.56 Å². The Morgan fingerprint density at radius 2 is 1.60 bits per heavy atom. The fourth-order valence-corrected chi connectivity index (χ4v) is 3.80. The van der Waals surface area contributed by atoms with Gasteiger partial charge < -0.3 is 5.32 Å².